The molecule has 1 fully saturated rings. The van der Waals surface area contributed by atoms with Gasteiger partial charge in [0.1, 0.15) is 5.75 Å². The van der Waals surface area contributed by atoms with Gasteiger partial charge in [-0.15, -0.1) is 0 Å². The number of carbonyl (C=O) groups is 1. The predicted molar refractivity (Wildman–Crippen MR) is 131 cm³/mol. The molecule has 2 aromatic rings. The van der Waals surface area contributed by atoms with E-state index in [0.717, 1.165) is 50.9 Å². The van der Waals surface area contributed by atoms with Crippen LogP contribution in [0.3, 0.4) is 0 Å². The van der Waals surface area contributed by atoms with Crippen LogP contribution < -0.4 is 10.1 Å². The molecular formula is C25H35N3O4S. The SMILES string of the molecule is CCN(CC)Cc1ccc(C(=O)Nc2cc(S(=O)(=O)N3CCCCCC3)ccc2OC)cc1. The molecule has 33 heavy (non-hydrogen) atoms. The summed E-state index contributed by atoms with van der Waals surface area (Å²) < 4.78 is 33.3. The Morgan fingerprint density at radius 2 is 1.64 bits per heavy atom. The predicted octanol–water partition coefficient (Wildman–Crippen LogP) is 4.35. The van der Waals surface area contributed by atoms with Crippen LogP contribution in [0.15, 0.2) is 47.4 Å². The van der Waals surface area contributed by atoms with Crippen LogP contribution in [0.25, 0.3) is 0 Å². The van der Waals surface area contributed by atoms with E-state index in [1.54, 1.807) is 22.5 Å². The number of methoxy groups -OCH3 is 1. The summed E-state index contributed by atoms with van der Waals surface area (Å²) in [5.74, 6) is 0.100. The standard InChI is InChI=1S/C25H35N3O4S/c1-4-27(5-2)19-20-10-12-21(13-11-20)25(29)26-23-18-22(14-15-24(23)32-3)33(30,31)28-16-8-6-7-9-17-28/h10-15,18H,4-9,16-17,19H2,1-3H3,(H,26,29). The molecule has 0 spiro atoms. The van der Waals surface area contributed by atoms with Gasteiger partial charge in [-0.25, -0.2) is 8.42 Å². The van der Waals surface area contributed by atoms with Gasteiger partial charge in [-0.3, -0.25) is 9.69 Å². The number of sulfonamides is 1. The van der Waals surface area contributed by atoms with E-state index in [1.807, 2.05) is 12.1 Å². The largest absolute Gasteiger partial charge is 0.495 e. The fraction of sp³-hybridized carbons (Fsp3) is 0.480. The van der Waals surface area contributed by atoms with Crippen molar-refractivity contribution in [2.75, 3.05) is 38.6 Å². The lowest BCUT2D eigenvalue weighted by Gasteiger charge is -2.21. The third-order valence-electron chi connectivity index (χ3n) is 6.14. The van der Waals surface area contributed by atoms with Gasteiger partial charge >= 0.3 is 0 Å². The molecule has 7 nitrogen and oxygen atoms in total. The molecule has 3 rings (SSSR count). The molecule has 1 aliphatic rings. The highest BCUT2D eigenvalue weighted by atomic mass is 32.2. The summed E-state index contributed by atoms with van der Waals surface area (Å²) in [5.41, 5.74) is 1.98. The minimum absolute atomic E-state index is 0.162. The summed E-state index contributed by atoms with van der Waals surface area (Å²) in [6.07, 6.45) is 3.82. The molecule has 1 N–H and O–H groups in total. The average molecular weight is 474 g/mol. The van der Waals surface area contributed by atoms with Crippen LogP contribution in [0.1, 0.15) is 55.5 Å². The van der Waals surface area contributed by atoms with Gasteiger partial charge in [0.2, 0.25) is 10.0 Å². The van der Waals surface area contributed by atoms with Crippen molar-refractivity contribution in [1.29, 1.82) is 0 Å². The van der Waals surface area contributed by atoms with Crippen molar-refractivity contribution in [2.24, 2.45) is 0 Å². The molecule has 1 aliphatic heterocycles. The summed E-state index contributed by atoms with van der Waals surface area (Å²) in [5, 5.41) is 2.83. The summed E-state index contributed by atoms with van der Waals surface area (Å²) in [6, 6.07) is 12.1. The molecule has 0 atom stereocenters. The second-order valence-electron chi connectivity index (χ2n) is 8.29. The third kappa shape index (κ3) is 6.34. The van der Waals surface area contributed by atoms with Gasteiger partial charge in [0.25, 0.3) is 5.91 Å². The summed E-state index contributed by atoms with van der Waals surface area (Å²) in [4.78, 5) is 15.4. The molecule has 180 valence electrons. The number of rotatable bonds is 9. The number of carbonyl (C=O) groups excluding carboxylic acids is 1. The molecular weight excluding hydrogens is 438 g/mol. The van der Waals surface area contributed by atoms with Crippen molar-refractivity contribution in [3.05, 3.63) is 53.6 Å². The molecule has 0 saturated carbocycles. The van der Waals surface area contributed by atoms with Crippen LogP contribution in [0.2, 0.25) is 0 Å². The van der Waals surface area contributed by atoms with Crippen molar-refractivity contribution in [1.82, 2.24) is 9.21 Å². The van der Waals surface area contributed by atoms with Crippen molar-refractivity contribution >= 4 is 21.6 Å². The van der Waals surface area contributed by atoms with Crippen LogP contribution >= 0.6 is 0 Å². The minimum Gasteiger partial charge on any atom is -0.495 e. The van der Waals surface area contributed by atoms with Crippen molar-refractivity contribution in [3.8, 4) is 5.75 Å². The van der Waals surface area contributed by atoms with E-state index in [4.69, 9.17) is 4.74 Å². The smallest absolute Gasteiger partial charge is 0.255 e. The number of ether oxygens (including phenoxy) is 1. The second-order valence-corrected chi connectivity index (χ2v) is 10.2. The molecule has 0 aliphatic carbocycles. The Hall–Kier alpha value is -2.42. The highest BCUT2D eigenvalue weighted by Crippen LogP contribution is 2.30. The summed E-state index contributed by atoms with van der Waals surface area (Å²) >= 11 is 0. The highest BCUT2D eigenvalue weighted by molar-refractivity contribution is 7.89. The fourth-order valence-electron chi connectivity index (χ4n) is 4.04. The van der Waals surface area contributed by atoms with E-state index in [0.29, 0.717) is 30.1 Å². The summed E-state index contributed by atoms with van der Waals surface area (Å²) in [7, 11) is -2.14. The van der Waals surface area contributed by atoms with Crippen molar-refractivity contribution < 1.29 is 17.9 Å². The molecule has 8 heteroatoms. The van der Waals surface area contributed by atoms with Crippen LogP contribution in [0.4, 0.5) is 5.69 Å². The maximum Gasteiger partial charge on any atom is 0.255 e. The lowest BCUT2D eigenvalue weighted by Crippen LogP contribution is -2.32. The molecule has 1 saturated heterocycles. The molecule has 0 bridgehead atoms. The quantitative estimate of drug-likeness (QED) is 0.586. The van der Waals surface area contributed by atoms with Crippen LogP contribution in [0, 0.1) is 0 Å². The summed E-state index contributed by atoms with van der Waals surface area (Å²) in [6.45, 7) is 8.06. The van der Waals surface area contributed by atoms with Gasteiger partial charge in [-0.05, 0) is 61.8 Å². The maximum absolute atomic E-state index is 13.2. The number of nitrogens with zero attached hydrogens (tertiary/aromatic N) is 2. The fourth-order valence-corrected chi connectivity index (χ4v) is 5.58. The average Bonchev–Trinajstić information content (AvgIpc) is 3.13. The first kappa shape index (κ1) is 25.2. The first-order chi connectivity index (χ1) is 15.9. The van der Waals surface area contributed by atoms with E-state index in [2.05, 4.69) is 24.1 Å². The van der Waals surface area contributed by atoms with E-state index >= 15 is 0 Å². The van der Waals surface area contributed by atoms with Crippen LogP contribution in [-0.4, -0.2) is 56.8 Å². The van der Waals surface area contributed by atoms with Crippen molar-refractivity contribution in [2.45, 2.75) is 51.0 Å². The number of amides is 1. The topological polar surface area (TPSA) is 79.0 Å². The Balaban J connectivity index is 1.79. The van der Waals surface area contributed by atoms with E-state index in [1.165, 1.54) is 19.2 Å². The second kappa shape index (κ2) is 11.6. The Bertz CT molecular complexity index is 1030. The van der Waals surface area contributed by atoms with Crippen LogP contribution in [-0.2, 0) is 16.6 Å². The molecule has 0 radical (unpaired) electrons. The number of nitrogens with one attached hydrogen (secondary N) is 1. The molecule has 1 heterocycles. The van der Waals surface area contributed by atoms with E-state index < -0.39 is 10.0 Å². The molecule has 0 aromatic heterocycles. The monoisotopic (exact) mass is 473 g/mol. The first-order valence-electron chi connectivity index (χ1n) is 11.7. The number of anilines is 1. The lowest BCUT2D eigenvalue weighted by atomic mass is 10.1. The van der Waals surface area contributed by atoms with Gasteiger partial charge in [0.05, 0.1) is 17.7 Å². The van der Waals surface area contributed by atoms with Crippen molar-refractivity contribution in [3.63, 3.8) is 0 Å². The molecule has 0 unspecified atom stereocenters. The zero-order valence-corrected chi connectivity index (χ0v) is 20.7. The Labute approximate surface area is 197 Å². The van der Waals surface area contributed by atoms with E-state index in [9.17, 15) is 13.2 Å². The third-order valence-corrected chi connectivity index (χ3v) is 8.03. The molecule has 1 amide bonds. The van der Waals surface area contributed by atoms with Gasteiger partial charge in [0.15, 0.2) is 0 Å². The maximum atomic E-state index is 13.2. The number of hydrogen-bond acceptors (Lipinski definition) is 5. The first-order valence-corrected chi connectivity index (χ1v) is 13.1. The zero-order chi connectivity index (χ0) is 23.8. The van der Waals surface area contributed by atoms with Gasteiger partial charge in [0, 0.05) is 25.2 Å². The van der Waals surface area contributed by atoms with E-state index in [-0.39, 0.29) is 10.8 Å². The highest BCUT2D eigenvalue weighted by Gasteiger charge is 2.26. The van der Waals surface area contributed by atoms with Gasteiger partial charge in [-0.1, -0.05) is 38.8 Å². The van der Waals surface area contributed by atoms with Crippen LogP contribution in [0.5, 0.6) is 5.75 Å². The number of hydrogen-bond donors (Lipinski definition) is 1. The van der Waals surface area contributed by atoms with Gasteiger partial charge in [-0.2, -0.15) is 4.31 Å². The molecule has 2 aromatic carbocycles. The minimum atomic E-state index is -3.63. The zero-order valence-electron chi connectivity index (χ0n) is 19.8. The Kier molecular flexibility index (Phi) is 8.88. The number of benzene rings is 2. The Morgan fingerprint density at radius 3 is 2.21 bits per heavy atom. The van der Waals surface area contributed by atoms with Gasteiger partial charge < -0.3 is 10.1 Å². The lowest BCUT2D eigenvalue weighted by molar-refractivity contribution is 0.102. The Morgan fingerprint density at radius 1 is 1.00 bits per heavy atom. The normalized spacial score (nSPS) is 15.3.